The summed E-state index contributed by atoms with van der Waals surface area (Å²) in [5.41, 5.74) is 2.89. The van der Waals surface area contributed by atoms with Gasteiger partial charge in [0.1, 0.15) is 0 Å². The first-order chi connectivity index (χ1) is 9.02. The average Bonchev–Trinajstić information content (AvgIpc) is 2.34. The van der Waals surface area contributed by atoms with Crippen LogP contribution in [0.5, 0.6) is 0 Å². The molecule has 1 aromatic rings. The Morgan fingerprint density at radius 2 is 1.79 bits per heavy atom. The summed E-state index contributed by atoms with van der Waals surface area (Å²) in [6.45, 7) is 9.12. The van der Waals surface area contributed by atoms with Crippen molar-refractivity contribution >= 4 is 11.8 Å². The van der Waals surface area contributed by atoms with Gasteiger partial charge in [0, 0.05) is 11.8 Å². The molecule has 1 unspecified atom stereocenters. The minimum Gasteiger partial charge on any atom is -0.312 e. The smallest absolute Gasteiger partial charge is 0.0409 e. The standard InChI is InChI=1S/C17H29NS/c1-13(2)9-15-7-6-8-16(10-15)17(18-5)12-19-11-14(3)4/h6-8,10,13-14,17-18H,9,11-12H2,1-5H3. The highest BCUT2D eigenvalue weighted by molar-refractivity contribution is 7.99. The van der Waals surface area contributed by atoms with Crippen molar-refractivity contribution in [3.63, 3.8) is 0 Å². The molecule has 108 valence electrons. The SMILES string of the molecule is CNC(CSCC(C)C)c1cccc(CC(C)C)c1. The summed E-state index contributed by atoms with van der Waals surface area (Å²) in [4.78, 5) is 0. The molecule has 0 aliphatic heterocycles. The summed E-state index contributed by atoms with van der Waals surface area (Å²) in [5.74, 6) is 3.89. The van der Waals surface area contributed by atoms with Gasteiger partial charge in [-0.2, -0.15) is 11.8 Å². The first-order valence-corrected chi connectivity index (χ1v) is 8.52. The van der Waals surface area contributed by atoms with Gasteiger partial charge in [-0.1, -0.05) is 52.0 Å². The van der Waals surface area contributed by atoms with Gasteiger partial charge in [-0.15, -0.1) is 0 Å². The van der Waals surface area contributed by atoms with Crippen molar-refractivity contribution in [2.45, 2.75) is 40.2 Å². The Morgan fingerprint density at radius 3 is 2.37 bits per heavy atom. The van der Waals surface area contributed by atoms with Gasteiger partial charge in [-0.05, 0) is 42.2 Å². The summed E-state index contributed by atoms with van der Waals surface area (Å²) < 4.78 is 0. The molecular formula is C17H29NS. The lowest BCUT2D eigenvalue weighted by Crippen LogP contribution is -2.19. The first-order valence-electron chi connectivity index (χ1n) is 7.36. The lowest BCUT2D eigenvalue weighted by atomic mass is 9.99. The number of nitrogens with one attached hydrogen (secondary N) is 1. The van der Waals surface area contributed by atoms with E-state index in [9.17, 15) is 0 Å². The maximum Gasteiger partial charge on any atom is 0.0409 e. The van der Waals surface area contributed by atoms with Gasteiger partial charge in [-0.25, -0.2) is 0 Å². The van der Waals surface area contributed by atoms with E-state index >= 15 is 0 Å². The van der Waals surface area contributed by atoms with Gasteiger partial charge in [0.15, 0.2) is 0 Å². The summed E-state index contributed by atoms with van der Waals surface area (Å²) in [7, 11) is 2.07. The first kappa shape index (κ1) is 16.6. The molecule has 1 aromatic carbocycles. The van der Waals surface area contributed by atoms with Crippen LogP contribution in [0.25, 0.3) is 0 Å². The maximum atomic E-state index is 3.45. The third-order valence-corrected chi connectivity index (χ3v) is 4.55. The van der Waals surface area contributed by atoms with Crippen molar-refractivity contribution < 1.29 is 0 Å². The predicted molar refractivity (Wildman–Crippen MR) is 88.9 cm³/mol. The van der Waals surface area contributed by atoms with Crippen molar-refractivity contribution in [1.82, 2.24) is 5.32 Å². The number of hydrogen-bond acceptors (Lipinski definition) is 2. The number of benzene rings is 1. The largest absolute Gasteiger partial charge is 0.312 e. The second kappa shape index (κ2) is 8.65. The fourth-order valence-electron chi connectivity index (χ4n) is 2.18. The van der Waals surface area contributed by atoms with Crippen molar-refractivity contribution in [3.05, 3.63) is 35.4 Å². The highest BCUT2D eigenvalue weighted by Crippen LogP contribution is 2.21. The normalized spacial score (nSPS) is 13.2. The van der Waals surface area contributed by atoms with Gasteiger partial charge in [0.25, 0.3) is 0 Å². The molecule has 19 heavy (non-hydrogen) atoms. The van der Waals surface area contributed by atoms with E-state index in [-0.39, 0.29) is 0 Å². The monoisotopic (exact) mass is 279 g/mol. The molecule has 0 heterocycles. The van der Waals surface area contributed by atoms with E-state index in [0.717, 1.165) is 17.6 Å². The molecule has 0 saturated heterocycles. The van der Waals surface area contributed by atoms with Crippen LogP contribution in [-0.4, -0.2) is 18.6 Å². The van der Waals surface area contributed by atoms with E-state index in [2.05, 4.69) is 64.3 Å². The topological polar surface area (TPSA) is 12.0 Å². The van der Waals surface area contributed by atoms with E-state index in [0.29, 0.717) is 6.04 Å². The highest BCUT2D eigenvalue weighted by Gasteiger charge is 2.10. The summed E-state index contributed by atoms with van der Waals surface area (Å²) in [5, 5.41) is 3.45. The molecule has 1 nitrogen and oxygen atoms in total. The molecule has 0 radical (unpaired) electrons. The molecule has 0 fully saturated rings. The lowest BCUT2D eigenvalue weighted by Gasteiger charge is -2.18. The van der Waals surface area contributed by atoms with Crippen LogP contribution in [0.2, 0.25) is 0 Å². The molecule has 0 saturated carbocycles. The second-order valence-electron chi connectivity index (χ2n) is 6.12. The summed E-state index contributed by atoms with van der Waals surface area (Å²) >= 11 is 2.05. The molecule has 0 bridgehead atoms. The molecule has 0 spiro atoms. The zero-order valence-electron chi connectivity index (χ0n) is 13.1. The third kappa shape index (κ3) is 6.49. The van der Waals surface area contributed by atoms with Crippen LogP contribution in [0.4, 0.5) is 0 Å². The van der Waals surface area contributed by atoms with Gasteiger partial charge >= 0.3 is 0 Å². The van der Waals surface area contributed by atoms with E-state index < -0.39 is 0 Å². The van der Waals surface area contributed by atoms with Crippen molar-refractivity contribution in [1.29, 1.82) is 0 Å². The van der Waals surface area contributed by atoms with Crippen LogP contribution in [0.15, 0.2) is 24.3 Å². The fraction of sp³-hybridized carbons (Fsp3) is 0.647. The van der Waals surface area contributed by atoms with E-state index in [1.54, 1.807) is 0 Å². The molecular weight excluding hydrogens is 250 g/mol. The lowest BCUT2D eigenvalue weighted by molar-refractivity contribution is 0.637. The Kier molecular flexibility index (Phi) is 7.55. The zero-order chi connectivity index (χ0) is 14.3. The number of rotatable bonds is 8. The zero-order valence-corrected chi connectivity index (χ0v) is 13.9. The van der Waals surface area contributed by atoms with E-state index in [4.69, 9.17) is 0 Å². The molecule has 1 rings (SSSR count). The van der Waals surface area contributed by atoms with E-state index in [1.165, 1.54) is 23.3 Å². The maximum absolute atomic E-state index is 3.45. The van der Waals surface area contributed by atoms with Crippen molar-refractivity contribution in [2.75, 3.05) is 18.6 Å². The van der Waals surface area contributed by atoms with E-state index in [1.807, 2.05) is 11.8 Å². The van der Waals surface area contributed by atoms with Crippen LogP contribution < -0.4 is 5.32 Å². The summed E-state index contributed by atoms with van der Waals surface area (Å²) in [6.07, 6.45) is 1.17. The predicted octanol–water partition coefficient (Wildman–Crippen LogP) is 4.53. The van der Waals surface area contributed by atoms with Crippen molar-refractivity contribution in [3.8, 4) is 0 Å². The average molecular weight is 279 g/mol. The number of hydrogen-bond donors (Lipinski definition) is 1. The molecule has 1 atom stereocenters. The molecule has 2 heteroatoms. The Labute approximate surface area is 123 Å². The van der Waals surface area contributed by atoms with Gasteiger partial charge in [0.05, 0.1) is 0 Å². The van der Waals surface area contributed by atoms with Crippen LogP contribution in [0.3, 0.4) is 0 Å². The highest BCUT2D eigenvalue weighted by atomic mass is 32.2. The Hall–Kier alpha value is -0.470. The Bertz CT molecular complexity index is 360. The molecule has 0 amide bonds. The fourth-order valence-corrected chi connectivity index (χ4v) is 3.38. The minimum atomic E-state index is 0.468. The minimum absolute atomic E-state index is 0.468. The molecule has 1 N–H and O–H groups in total. The second-order valence-corrected chi connectivity index (χ2v) is 7.19. The van der Waals surface area contributed by atoms with Crippen molar-refractivity contribution in [2.24, 2.45) is 11.8 Å². The van der Waals surface area contributed by atoms with Gasteiger partial charge < -0.3 is 5.32 Å². The van der Waals surface area contributed by atoms with Crippen LogP contribution in [0.1, 0.15) is 44.9 Å². The van der Waals surface area contributed by atoms with Crippen LogP contribution in [-0.2, 0) is 6.42 Å². The Balaban J connectivity index is 2.64. The van der Waals surface area contributed by atoms with Crippen LogP contribution in [0, 0.1) is 11.8 Å². The third-order valence-electron chi connectivity index (χ3n) is 3.08. The molecule has 0 aliphatic carbocycles. The quantitative estimate of drug-likeness (QED) is 0.750. The van der Waals surface area contributed by atoms with Crippen LogP contribution >= 0.6 is 11.8 Å². The molecule has 0 aromatic heterocycles. The summed E-state index contributed by atoms with van der Waals surface area (Å²) in [6, 6.07) is 9.54. The van der Waals surface area contributed by atoms with Gasteiger partial charge in [-0.3, -0.25) is 0 Å². The number of thioether (sulfide) groups is 1. The van der Waals surface area contributed by atoms with Gasteiger partial charge in [0.2, 0.25) is 0 Å². The molecule has 0 aliphatic rings. The Morgan fingerprint density at radius 1 is 1.05 bits per heavy atom.